The first-order valence-corrected chi connectivity index (χ1v) is 12.6. The van der Waals surface area contributed by atoms with Crippen LogP contribution in [0.1, 0.15) is 37.4 Å². The molecule has 0 unspecified atom stereocenters. The van der Waals surface area contributed by atoms with Crippen LogP contribution >= 0.6 is 0 Å². The van der Waals surface area contributed by atoms with Crippen molar-refractivity contribution in [3.05, 3.63) is 54.5 Å². The first kappa shape index (κ1) is 23.9. The van der Waals surface area contributed by atoms with Gasteiger partial charge in [0.05, 0.1) is 42.4 Å². The molecule has 1 saturated carbocycles. The minimum absolute atomic E-state index is 0.396. The Balaban J connectivity index is 1.15. The van der Waals surface area contributed by atoms with Gasteiger partial charge in [0.1, 0.15) is 5.69 Å². The van der Waals surface area contributed by atoms with E-state index in [0.29, 0.717) is 23.6 Å². The van der Waals surface area contributed by atoms with E-state index in [1.54, 1.807) is 0 Å². The van der Waals surface area contributed by atoms with Crippen LogP contribution in [0.2, 0.25) is 0 Å². The fourth-order valence-corrected chi connectivity index (χ4v) is 5.37. The SMILES string of the molecule is FC(F)(F)c1ccc(Nc2n[nH]c3ccc(-c4ccn(C5CCC(N6CCOCC6)CC5)n4)cc23)cn1. The standard InChI is InChI=1S/C26H28F3N7O/c27-26(28,29)24-8-2-18(16-30-24)31-25-21-15-17(1-7-23(21)32-33-25)22-9-10-36(34-22)20-5-3-19(4-6-20)35-11-13-37-14-12-35/h1-2,7-10,15-16,19-20H,3-6,11-14H2,(H2,31,32,33). The van der Waals surface area contributed by atoms with Crippen molar-refractivity contribution in [3.63, 3.8) is 0 Å². The number of morpholine rings is 1. The lowest BCUT2D eigenvalue weighted by Crippen LogP contribution is -2.45. The third kappa shape index (κ3) is 5.05. The van der Waals surface area contributed by atoms with E-state index >= 15 is 0 Å². The summed E-state index contributed by atoms with van der Waals surface area (Å²) in [5.74, 6) is 0.513. The monoisotopic (exact) mass is 511 g/mol. The van der Waals surface area contributed by atoms with Crippen molar-refractivity contribution >= 4 is 22.4 Å². The van der Waals surface area contributed by atoms with E-state index in [-0.39, 0.29) is 0 Å². The Morgan fingerprint density at radius 1 is 0.973 bits per heavy atom. The highest BCUT2D eigenvalue weighted by atomic mass is 19.4. The second-order valence-corrected chi connectivity index (χ2v) is 9.68. The topological polar surface area (TPSA) is 83.9 Å². The molecule has 37 heavy (non-hydrogen) atoms. The molecule has 2 aliphatic rings. The van der Waals surface area contributed by atoms with E-state index in [1.807, 2.05) is 24.3 Å². The summed E-state index contributed by atoms with van der Waals surface area (Å²) in [6.45, 7) is 3.73. The Kier molecular flexibility index (Phi) is 6.33. The van der Waals surface area contributed by atoms with Crippen LogP contribution in [0.25, 0.3) is 22.2 Å². The number of H-pyrrole nitrogens is 1. The summed E-state index contributed by atoms with van der Waals surface area (Å²) in [6.07, 6.45) is 3.31. The maximum absolute atomic E-state index is 12.8. The van der Waals surface area contributed by atoms with Crippen molar-refractivity contribution in [2.75, 3.05) is 31.6 Å². The van der Waals surface area contributed by atoms with Gasteiger partial charge < -0.3 is 10.1 Å². The summed E-state index contributed by atoms with van der Waals surface area (Å²) in [5, 5.41) is 16.0. The molecule has 1 saturated heterocycles. The van der Waals surface area contributed by atoms with E-state index in [9.17, 15) is 13.2 Å². The van der Waals surface area contributed by atoms with Crippen LogP contribution in [-0.4, -0.2) is 62.2 Å². The molecule has 1 aromatic carbocycles. The molecule has 3 aromatic heterocycles. The quantitative estimate of drug-likeness (QED) is 0.373. The van der Waals surface area contributed by atoms with Crippen LogP contribution in [0.15, 0.2) is 48.8 Å². The Labute approximate surface area is 211 Å². The average Bonchev–Trinajstić information content (AvgIpc) is 3.57. The Morgan fingerprint density at radius 3 is 2.49 bits per heavy atom. The normalized spacial score (nSPS) is 21.4. The summed E-state index contributed by atoms with van der Waals surface area (Å²) in [6, 6.07) is 11.3. The second kappa shape index (κ2) is 9.79. The number of fused-ring (bicyclic) bond motifs is 1. The molecule has 0 radical (unpaired) electrons. The van der Waals surface area contributed by atoms with E-state index in [1.165, 1.54) is 18.9 Å². The fourth-order valence-electron chi connectivity index (χ4n) is 5.37. The van der Waals surface area contributed by atoms with Crippen molar-refractivity contribution in [2.45, 2.75) is 43.9 Å². The van der Waals surface area contributed by atoms with Gasteiger partial charge in [0.25, 0.3) is 0 Å². The molecule has 6 rings (SSSR count). The zero-order chi connectivity index (χ0) is 25.4. The van der Waals surface area contributed by atoms with Gasteiger partial charge in [0.2, 0.25) is 0 Å². The molecule has 4 aromatic rings. The summed E-state index contributed by atoms with van der Waals surface area (Å²) in [7, 11) is 0. The number of alkyl halides is 3. The predicted octanol–water partition coefficient (Wildman–Crippen LogP) is 5.40. The van der Waals surface area contributed by atoms with Crippen molar-refractivity contribution in [1.29, 1.82) is 0 Å². The Hall–Kier alpha value is -3.44. The maximum atomic E-state index is 12.8. The third-order valence-corrected chi connectivity index (χ3v) is 7.39. The summed E-state index contributed by atoms with van der Waals surface area (Å²) in [5.41, 5.74) is 2.12. The molecule has 8 nitrogen and oxygen atoms in total. The minimum atomic E-state index is -4.47. The van der Waals surface area contributed by atoms with Crippen LogP contribution in [-0.2, 0) is 10.9 Å². The summed E-state index contributed by atoms with van der Waals surface area (Å²) >= 11 is 0. The molecule has 0 atom stereocenters. The molecule has 1 aliphatic carbocycles. The third-order valence-electron chi connectivity index (χ3n) is 7.39. The number of pyridine rings is 1. The van der Waals surface area contributed by atoms with E-state index in [4.69, 9.17) is 9.84 Å². The van der Waals surface area contributed by atoms with Crippen molar-refractivity contribution in [1.82, 2.24) is 29.9 Å². The maximum Gasteiger partial charge on any atom is 0.433 e. The van der Waals surface area contributed by atoms with Crippen molar-refractivity contribution < 1.29 is 17.9 Å². The average molecular weight is 512 g/mol. The van der Waals surface area contributed by atoms with Gasteiger partial charge in [-0.05, 0) is 56.0 Å². The highest BCUT2D eigenvalue weighted by Gasteiger charge is 2.32. The van der Waals surface area contributed by atoms with Gasteiger partial charge in [0, 0.05) is 36.3 Å². The predicted molar refractivity (Wildman–Crippen MR) is 134 cm³/mol. The number of nitrogens with one attached hydrogen (secondary N) is 2. The number of aromatic nitrogens is 5. The molecule has 194 valence electrons. The number of benzene rings is 1. The number of anilines is 2. The lowest BCUT2D eigenvalue weighted by atomic mass is 9.90. The lowest BCUT2D eigenvalue weighted by Gasteiger charge is -2.38. The molecule has 4 heterocycles. The number of halogens is 3. The molecule has 0 amide bonds. The highest BCUT2D eigenvalue weighted by molar-refractivity contribution is 5.94. The Morgan fingerprint density at radius 2 is 1.76 bits per heavy atom. The molecule has 11 heteroatoms. The summed E-state index contributed by atoms with van der Waals surface area (Å²) in [4.78, 5) is 6.08. The number of hydrogen-bond acceptors (Lipinski definition) is 6. The molecule has 2 N–H and O–H groups in total. The zero-order valence-electron chi connectivity index (χ0n) is 20.2. The molecular weight excluding hydrogens is 483 g/mol. The number of hydrogen-bond donors (Lipinski definition) is 2. The molecule has 2 fully saturated rings. The number of nitrogens with zero attached hydrogens (tertiary/aromatic N) is 5. The van der Waals surface area contributed by atoms with Crippen LogP contribution in [0.4, 0.5) is 24.7 Å². The zero-order valence-corrected chi connectivity index (χ0v) is 20.2. The van der Waals surface area contributed by atoms with Crippen LogP contribution in [0, 0.1) is 0 Å². The summed E-state index contributed by atoms with van der Waals surface area (Å²) < 4.78 is 46.0. The van der Waals surface area contributed by atoms with Gasteiger partial charge in [-0.2, -0.15) is 23.4 Å². The number of ether oxygens (including phenoxy) is 1. The smallest absolute Gasteiger partial charge is 0.379 e. The number of rotatable bonds is 5. The van der Waals surface area contributed by atoms with E-state index in [0.717, 1.165) is 73.6 Å². The second-order valence-electron chi connectivity index (χ2n) is 9.68. The van der Waals surface area contributed by atoms with Crippen LogP contribution in [0.5, 0.6) is 0 Å². The van der Waals surface area contributed by atoms with Crippen molar-refractivity contribution in [3.8, 4) is 11.3 Å². The van der Waals surface area contributed by atoms with Gasteiger partial charge in [0.15, 0.2) is 5.82 Å². The first-order valence-electron chi connectivity index (χ1n) is 12.6. The minimum Gasteiger partial charge on any atom is -0.379 e. The van der Waals surface area contributed by atoms with Crippen molar-refractivity contribution in [2.24, 2.45) is 0 Å². The first-order chi connectivity index (χ1) is 17.9. The van der Waals surface area contributed by atoms with Gasteiger partial charge >= 0.3 is 6.18 Å². The molecule has 0 spiro atoms. The fraction of sp³-hybridized carbons (Fsp3) is 0.423. The van der Waals surface area contributed by atoms with Gasteiger partial charge in [-0.3, -0.25) is 14.7 Å². The molecule has 0 bridgehead atoms. The largest absolute Gasteiger partial charge is 0.433 e. The number of aromatic amines is 1. The highest BCUT2D eigenvalue weighted by Crippen LogP contribution is 2.33. The molecule has 1 aliphatic heterocycles. The molecular formula is C26H28F3N7O. The van der Waals surface area contributed by atoms with E-state index in [2.05, 4.69) is 36.3 Å². The Bertz CT molecular complexity index is 1350. The van der Waals surface area contributed by atoms with Gasteiger partial charge in [-0.1, -0.05) is 6.07 Å². The van der Waals surface area contributed by atoms with E-state index < -0.39 is 11.9 Å². The van der Waals surface area contributed by atoms with Crippen LogP contribution < -0.4 is 5.32 Å². The van der Waals surface area contributed by atoms with Gasteiger partial charge in [-0.15, -0.1) is 0 Å². The lowest BCUT2D eigenvalue weighted by molar-refractivity contribution is -0.141. The van der Waals surface area contributed by atoms with Crippen LogP contribution in [0.3, 0.4) is 0 Å². The van der Waals surface area contributed by atoms with Gasteiger partial charge in [-0.25, -0.2) is 4.98 Å².